The zero-order valence-electron chi connectivity index (χ0n) is 15.5. The molecule has 1 aliphatic heterocycles. The molecular formula is C21H24N2O4. The quantitative estimate of drug-likeness (QED) is 0.813. The molecule has 0 unspecified atom stereocenters. The highest BCUT2D eigenvalue weighted by Gasteiger charge is 2.23. The average molecular weight is 368 g/mol. The lowest BCUT2D eigenvalue weighted by molar-refractivity contribution is -0.133. The van der Waals surface area contributed by atoms with Gasteiger partial charge in [-0.1, -0.05) is 24.3 Å². The molecule has 0 saturated carbocycles. The van der Waals surface area contributed by atoms with Crippen molar-refractivity contribution in [3.63, 3.8) is 0 Å². The number of ether oxygens (including phenoxy) is 2. The highest BCUT2D eigenvalue weighted by atomic mass is 16.5. The van der Waals surface area contributed by atoms with Crippen LogP contribution in [0.5, 0.6) is 11.5 Å². The van der Waals surface area contributed by atoms with Crippen molar-refractivity contribution >= 4 is 11.8 Å². The number of methoxy groups -OCH3 is 1. The van der Waals surface area contributed by atoms with Crippen molar-refractivity contribution in [2.75, 3.05) is 39.9 Å². The highest BCUT2D eigenvalue weighted by Crippen LogP contribution is 2.16. The van der Waals surface area contributed by atoms with Crippen molar-refractivity contribution in [2.24, 2.45) is 0 Å². The first kappa shape index (κ1) is 18.8. The van der Waals surface area contributed by atoms with Gasteiger partial charge < -0.3 is 19.3 Å². The minimum absolute atomic E-state index is 0.00778. The maximum absolute atomic E-state index is 12.8. The van der Waals surface area contributed by atoms with Crippen molar-refractivity contribution in [1.29, 1.82) is 0 Å². The number of hydrogen-bond acceptors (Lipinski definition) is 4. The fraction of sp³-hybridized carbons (Fsp3) is 0.333. The third-order valence-electron chi connectivity index (χ3n) is 4.56. The average Bonchev–Trinajstić information content (AvgIpc) is 2.98. The number of para-hydroxylation sites is 1. The van der Waals surface area contributed by atoms with Gasteiger partial charge in [0.05, 0.1) is 7.11 Å². The standard InChI is InChI=1S/C21H24N2O4/c1-26-19-10-5-7-17(15-19)21(25)23-12-6-11-22(13-14-23)20(24)16-27-18-8-3-2-4-9-18/h2-5,7-10,15H,6,11-14,16H2,1H3. The Morgan fingerprint density at radius 3 is 2.37 bits per heavy atom. The topological polar surface area (TPSA) is 59.1 Å². The molecule has 0 spiro atoms. The zero-order valence-corrected chi connectivity index (χ0v) is 15.5. The van der Waals surface area contributed by atoms with Gasteiger partial charge >= 0.3 is 0 Å². The second-order valence-electron chi connectivity index (χ2n) is 6.36. The molecular weight excluding hydrogens is 344 g/mol. The van der Waals surface area contributed by atoms with Crippen LogP contribution in [0.4, 0.5) is 0 Å². The molecule has 2 aromatic carbocycles. The summed E-state index contributed by atoms with van der Waals surface area (Å²) in [5.41, 5.74) is 0.599. The van der Waals surface area contributed by atoms with Crippen molar-refractivity contribution in [1.82, 2.24) is 9.80 Å². The lowest BCUT2D eigenvalue weighted by Gasteiger charge is -2.22. The maximum atomic E-state index is 12.8. The molecule has 27 heavy (non-hydrogen) atoms. The van der Waals surface area contributed by atoms with E-state index in [0.29, 0.717) is 43.2 Å². The fourth-order valence-electron chi connectivity index (χ4n) is 3.06. The van der Waals surface area contributed by atoms with Gasteiger partial charge in [0.1, 0.15) is 11.5 Å². The third-order valence-corrected chi connectivity index (χ3v) is 4.56. The van der Waals surface area contributed by atoms with Crippen molar-refractivity contribution in [3.8, 4) is 11.5 Å². The summed E-state index contributed by atoms with van der Waals surface area (Å²) in [6.07, 6.45) is 0.743. The Morgan fingerprint density at radius 2 is 1.59 bits per heavy atom. The first-order valence-corrected chi connectivity index (χ1v) is 9.06. The predicted molar refractivity (Wildman–Crippen MR) is 102 cm³/mol. The van der Waals surface area contributed by atoms with E-state index in [1.54, 1.807) is 35.1 Å². The number of nitrogens with zero attached hydrogens (tertiary/aromatic N) is 2. The lowest BCUT2D eigenvalue weighted by Crippen LogP contribution is -2.39. The summed E-state index contributed by atoms with van der Waals surface area (Å²) in [4.78, 5) is 28.7. The van der Waals surface area contributed by atoms with E-state index in [2.05, 4.69) is 0 Å². The molecule has 1 fully saturated rings. The van der Waals surface area contributed by atoms with Gasteiger partial charge in [-0.25, -0.2) is 0 Å². The molecule has 0 atom stereocenters. The van der Waals surface area contributed by atoms with Gasteiger partial charge in [0.15, 0.2) is 6.61 Å². The van der Waals surface area contributed by atoms with Crippen LogP contribution >= 0.6 is 0 Å². The summed E-state index contributed by atoms with van der Waals surface area (Å²) in [6.45, 7) is 2.27. The molecule has 142 valence electrons. The van der Waals surface area contributed by atoms with Crippen molar-refractivity contribution < 1.29 is 19.1 Å². The molecule has 3 rings (SSSR count). The number of benzene rings is 2. The maximum Gasteiger partial charge on any atom is 0.260 e. The van der Waals surface area contributed by atoms with E-state index < -0.39 is 0 Å². The van der Waals surface area contributed by atoms with E-state index in [1.165, 1.54) is 0 Å². The summed E-state index contributed by atoms with van der Waals surface area (Å²) >= 11 is 0. The monoisotopic (exact) mass is 368 g/mol. The first-order chi connectivity index (χ1) is 13.2. The molecule has 6 heteroatoms. The molecule has 2 aromatic rings. The van der Waals surface area contributed by atoms with Gasteiger partial charge in [-0.2, -0.15) is 0 Å². The molecule has 0 radical (unpaired) electrons. The van der Waals surface area contributed by atoms with E-state index in [-0.39, 0.29) is 18.4 Å². The smallest absolute Gasteiger partial charge is 0.260 e. The summed E-state index contributed by atoms with van der Waals surface area (Å²) < 4.78 is 10.7. The zero-order chi connectivity index (χ0) is 19.1. The van der Waals surface area contributed by atoms with Gasteiger partial charge in [-0.05, 0) is 36.8 Å². The Bertz CT molecular complexity index is 779. The molecule has 0 N–H and O–H groups in total. The molecule has 1 heterocycles. The van der Waals surface area contributed by atoms with Gasteiger partial charge in [-0.3, -0.25) is 9.59 Å². The van der Waals surface area contributed by atoms with E-state index in [0.717, 1.165) is 6.42 Å². The van der Waals surface area contributed by atoms with Gasteiger partial charge in [0, 0.05) is 31.7 Å². The number of amides is 2. The van der Waals surface area contributed by atoms with Crippen LogP contribution in [0.15, 0.2) is 54.6 Å². The summed E-state index contributed by atoms with van der Waals surface area (Å²) in [5, 5.41) is 0. The summed E-state index contributed by atoms with van der Waals surface area (Å²) in [5.74, 6) is 1.24. The van der Waals surface area contributed by atoms with Gasteiger partial charge in [0.25, 0.3) is 11.8 Å². The van der Waals surface area contributed by atoms with Crippen molar-refractivity contribution in [3.05, 3.63) is 60.2 Å². The third kappa shape index (κ3) is 5.00. The number of hydrogen-bond donors (Lipinski definition) is 0. The predicted octanol–water partition coefficient (Wildman–Crippen LogP) is 2.45. The Morgan fingerprint density at radius 1 is 0.889 bits per heavy atom. The molecule has 1 aliphatic rings. The molecule has 6 nitrogen and oxygen atoms in total. The van der Waals surface area contributed by atoms with Crippen LogP contribution in [0, 0.1) is 0 Å². The van der Waals surface area contributed by atoms with Crippen LogP contribution in [0.3, 0.4) is 0 Å². The first-order valence-electron chi connectivity index (χ1n) is 9.06. The van der Waals surface area contributed by atoms with Crippen molar-refractivity contribution in [2.45, 2.75) is 6.42 Å². The van der Waals surface area contributed by atoms with E-state index in [4.69, 9.17) is 9.47 Å². The van der Waals surface area contributed by atoms with Crippen LogP contribution in [0.2, 0.25) is 0 Å². The molecule has 0 aliphatic carbocycles. The Balaban J connectivity index is 1.55. The Kier molecular flexibility index (Phi) is 6.30. The number of carbonyl (C=O) groups excluding carboxylic acids is 2. The van der Waals surface area contributed by atoms with Crippen LogP contribution in [0.1, 0.15) is 16.8 Å². The summed E-state index contributed by atoms with van der Waals surface area (Å²) in [6, 6.07) is 16.4. The van der Waals surface area contributed by atoms with Gasteiger partial charge in [0.2, 0.25) is 0 Å². The highest BCUT2D eigenvalue weighted by molar-refractivity contribution is 5.94. The summed E-state index contributed by atoms with van der Waals surface area (Å²) in [7, 11) is 1.58. The number of carbonyl (C=O) groups is 2. The largest absolute Gasteiger partial charge is 0.497 e. The molecule has 0 bridgehead atoms. The SMILES string of the molecule is COc1cccc(C(=O)N2CCCN(C(=O)COc3ccccc3)CC2)c1. The van der Waals surface area contributed by atoms with Crippen LogP contribution < -0.4 is 9.47 Å². The second-order valence-corrected chi connectivity index (χ2v) is 6.36. The van der Waals surface area contributed by atoms with E-state index in [1.807, 2.05) is 36.4 Å². The number of rotatable bonds is 5. The van der Waals surface area contributed by atoms with Crippen LogP contribution in [-0.4, -0.2) is 61.5 Å². The minimum atomic E-state index is -0.0606. The normalized spacial score (nSPS) is 14.4. The Hall–Kier alpha value is -3.02. The van der Waals surface area contributed by atoms with Gasteiger partial charge in [-0.15, -0.1) is 0 Å². The molecule has 2 amide bonds. The molecule has 1 saturated heterocycles. The second kappa shape index (κ2) is 9.07. The van der Waals surface area contributed by atoms with E-state index in [9.17, 15) is 9.59 Å². The van der Waals surface area contributed by atoms with Crippen LogP contribution in [0.25, 0.3) is 0 Å². The molecule has 0 aromatic heterocycles. The minimum Gasteiger partial charge on any atom is -0.497 e. The Labute approximate surface area is 159 Å². The fourth-order valence-corrected chi connectivity index (χ4v) is 3.06. The van der Waals surface area contributed by atoms with Crippen LogP contribution in [-0.2, 0) is 4.79 Å². The lowest BCUT2D eigenvalue weighted by atomic mass is 10.2. The van der Waals surface area contributed by atoms with E-state index >= 15 is 0 Å².